The molecule has 0 saturated heterocycles. The Morgan fingerprint density at radius 1 is 1.26 bits per heavy atom. The summed E-state index contributed by atoms with van der Waals surface area (Å²) in [6.07, 6.45) is 0.0142. The summed E-state index contributed by atoms with van der Waals surface area (Å²) < 4.78 is 15.6. The van der Waals surface area contributed by atoms with Gasteiger partial charge in [-0.2, -0.15) is 0 Å². The first kappa shape index (κ1) is 18.6. The predicted molar refractivity (Wildman–Crippen MR) is 84.3 cm³/mol. The molecule has 1 aromatic carbocycles. The summed E-state index contributed by atoms with van der Waals surface area (Å²) >= 11 is 0. The Hall–Kier alpha value is -2.44. The third kappa shape index (κ3) is 6.90. The number of rotatable bonds is 7. The van der Waals surface area contributed by atoms with Crippen LogP contribution in [0, 0.1) is 0 Å². The maximum Gasteiger partial charge on any atom is 0.407 e. The van der Waals surface area contributed by atoms with E-state index in [-0.39, 0.29) is 17.9 Å². The highest BCUT2D eigenvalue weighted by molar-refractivity contribution is 5.91. The molecule has 0 aliphatic carbocycles. The zero-order chi connectivity index (χ0) is 17.5. The van der Waals surface area contributed by atoms with E-state index in [1.807, 2.05) is 0 Å². The summed E-state index contributed by atoms with van der Waals surface area (Å²) in [5.74, 6) is -0.333. The summed E-state index contributed by atoms with van der Waals surface area (Å²) in [6.45, 7) is 5.97. The van der Waals surface area contributed by atoms with E-state index in [0.717, 1.165) is 0 Å². The van der Waals surface area contributed by atoms with Crippen LogP contribution in [0.5, 0.6) is 11.5 Å². The number of carbonyl (C=O) groups excluding carboxylic acids is 1. The van der Waals surface area contributed by atoms with Crippen molar-refractivity contribution in [1.82, 2.24) is 5.32 Å². The number of hydrogen-bond donors (Lipinski definition) is 2. The normalized spacial score (nSPS) is 10.8. The van der Waals surface area contributed by atoms with Crippen LogP contribution in [-0.4, -0.2) is 43.0 Å². The van der Waals surface area contributed by atoms with Gasteiger partial charge in [-0.3, -0.25) is 0 Å². The van der Waals surface area contributed by atoms with Crippen LogP contribution in [0.2, 0.25) is 0 Å². The van der Waals surface area contributed by atoms with Crippen LogP contribution in [0.15, 0.2) is 18.2 Å². The molecular formula is C16H23NO6. The number of carboxylic acids is 1. The number of amides is 1. The van der Waals surface area contributed by atoms with Gasteiger partial charge in [0.25, 0.3) is 0 Å². The van der Waals surface area contributed by atoms with Crippen molar-refractivity contribution < 1.29 is 28.9 Å². The third-order valence-corrected chi connectivity index (χ3v) is 2.67. The molecule has 1 amide bonds. The minimum Gasteiger partial charge on any atom is -0.497 e. The van der Waals surface area contributed by atoms with Crippen LogP contribution in [0.25, 0.3) is 0 Å². The van der Waals surface area contributed by atoms with Crippen molar-refractivity contribution in [2.45, 2.75) is 32.8 Å². The molecule has 0 fully saturated rings. The SMILES string of the molecule is COc1ccc(C(=O)O)c(OCCCNC(=O)OC(C)(C)C)c1. The summed E-state index contributed by atoms with van der Waals surface area (Å²) in [6, 6.07) is 4.50. The van der Waals surface area contributed by atoms with Gasteiger partial charge in [0.15, 0.2) is 0 Å². The summed E-state index contributed by atoms with van der Waals surface area (Å²) in [7, 11) is 1.49. The summed E-state index contributed by atoms with van der Waals surface area (Å²) in [5.41, 5.74) is -0.483. The molecule has 0 saturated carbocycles. The smallest absolute Gasteiger partial charge is 0.407 e. The van der Waals surface area contributed by atoms with Gasteiger partial charge in [-0.05, 0) is 39.3 Å². The predicted octanol–water partition coefficient (Wildman–Crippen LogP) is 2.69. The molecule has 0 aliphatic heterocycles. The molecule has 0 heterocycles. The lowest BCUT2D eigenvalue weighted by Crippen LogP contribution is -2.33. The van der Waals surface area contributed by atoms with Gasteiger partial charge in [0.1, 0.15) is 22.7 Å². The highest BCUT2D eigenvalue weighted by Gasteiger charge is 2.15. The number of carbonyl (C=O) groups is 2. The number of hydrogen-bond acceptors (Lipinski definition) is 5. The van der Waals surface area contributed by atoms with E-state index in [2.05, 4.69) is 5.32 Å². The Bertz CT molecular complexity index is 550. The lowest BCUT2D eigenvalue weighted by Gasteiger charge is -2.19. The van der Waals surface area contributed by atoms with E-state index in [1.54, 1.807) is 26.8 Å². The van der Waals surface area contributed by atoms with Crippen molar-refractivity contribution in [1.29, 1.82) is 0 Å². The Morgan fingerprint density at radius 3 is 2.52 bits per heavy atom. The number of nitrogens with one attached hydrogen (secondary N) is 1. The molecule has 2 N–H and O–H groups in total. The standard InChI is InChI=1S/C16H23NO6/c1-16(2,3)23-15(20)17-8-5-9-22-13-10-11(21-4)6-7-12(13)14(18)19/h6-7,10H,5,8-9H2,1-4H3,(H,17,20)(H,18,19). The Morgan fingerprint density at radius 2 is 1.96 bits per heavy atom. The molecule has 0 bridgehead atoms. The van der Waals surface area contributed by atoms with Gasteiger partial charge in [0.2, 0.25) is 0 Å². The minimum absolute atomic E-state index is 0.0610. The van der Waals surface area contributed by atoms with E-state index in [4.69, 9.17) is 19.3 Å². The fourth-order valence-corrected chi connectivity index (χ4v) is 1.68. The van der Waals surface area contributed by atoms with Gasteiger partial charge in [-0.25, -0.2) is 9.59 Å². The maximum atomic E-state index is 11.5. The monoisotopic (exact) mass is 325 g/mol. The lowest BCUT2D eigenvalue weighted by molar-refractivity contribution is 0.0525. The van der Waals surface area contributed by atoms with Gasteiger partial charge >= 0.3 is 12.1 Å². The molecule has 0 aromatic heterocycles. The zero-order valence-corrected chi connectivity index (χ0v) is 13.8. The quantitative estimate of drug-likeness (QED) is 0.749. The summed E-state index contributed by atoms with van der Waals surface area (Å²) in [5, 5.41) is 11.7. The topological polar surface area (TPSA) is 94.1 Å². The average molecular weight is 325 g/mol. The van der Waals surface area contributed by atoms with E-state index in [0.29, 0.717) is 18.7 Å². The molecule has 0 aliphatic rings. The van der Waals surface area contributed by atoms with Gasteiger partial charge in [0, 0.05) is 12.6 Å². The van der Waals surface area contributed by atoms with E-state index < -0.39 is 17.7 Å². The van der Waals surface area contributed by atoms with Crippen molar-refractivity contribution in [2.24, 2.45) is 0 Å². The van der Waals surface area contributed by atoms with Gasteiger partial charge in [-0.15, -0.1) is 0 Å². The van der Waals surface area contributed by atoms with Crippen molar-refractivity contribution in [3.63, 3.8) is 0 Å². The Labute approximate surface area is 135 Å². The third-order valence-electron chi connectivity index (χ3n) is 2.67. The first-order valence-electron chi connectivity index (χ1n) is 7.24. The van der Waals surface area contributed by atoms with Crippen LogP contribution < -0.4 is 14.8 Å². The van der Waals surface area contributed by atoms with Gasteiger partial charge in [0.05, 0.1) is 13.7 Å². The Kier molecular flexibility index (Phi) is 6.68. The molecular weight excluding hydrogens is 302 g/mol. The number of benzene rings is 1. The number of ether oxygens (including phenoxy) is 3. The second kappa shape index (κ2) is 8.26. The maximum absolute atomic E-state index is 11.5. The van der Waals surface area contributed by atoms with E-state index >= 15 is 0 Å². The molecule has 7 heteroatoms. The number of alkyl carbamates (subject to hydrolysis) is 1. The molecule has 128 valence electrons. The fourth-order valence-electron chi connectivity index (χ4n) is 1.68. The molecule has 0 unspecified atom stereocenters. The van der Waals surface area contributed by atoms with Crippen LogP contribution in [-0.2, 0) is 4.74 Å². The van der Waals surface area contributed by atoms with E-state index in [9.17, 15) is 9.59 Å². The molecule has 0 radical (unpaired) electrons. The van der Waals surface area contributed by atoms with Gasteiger partial charge in [-0.1, -0.05) is 0 Å². The van der Waals surface area contributed by atoms with Crippen molar-refractivity contribution >= 4 is 12.1 Å². The van der Waals surface area contributed by atoms with Crippen LogP contribution in [0.4, 0.5) is 4.79 Å². The van der Waals surface area contributed by atoms with Crippen LogP contribution in [0.3, 0.4) is 0 Å². The van der Waals surface area contributed by atoms with E-state index in [1.165, 1.54) is 19.2 Å². The first-order chi connectivity index (χ1) is 10.7. The second-order valence-electron chi connectivity index (χ2n) is 5.80. The molecule has 1 rings (SSSR count). The lowest BCUT2D eigenvalue weighted by atomic mass is 10.2. The van der Waals surface area contributed by atoms with Gasteiger partial charge < -0.3 is 24.6 Å². The highest BCUT2D eigenvalue weighted by Crippen LogP contribution is 2.25. The average Bonchev–Trinajstić information content (AvgIpc) is 2.44. The minimum atomic E-state index is -1.07. The highest BCUT2D eigenvalue weighted by atomic mass is 16.6. The summed E-state index contributed by atoms with van der Waals surface area (Å²) in [4.78, 5) is 22.6. The first-order valence-corrected chi connectivity index (χ1v) is 7.24. The molecule has 23 heavy (non-hydrogen) atoms. The van der Waals surface area contributed by atoms with Crippen LogP contribution in [0.1, 0.15) is 37.6 Å². The molecule has 0 atom stereocenters. The van der Waals surface area contributed by atoms with Crippen molar-refractivity contribution in [2.75, 3.05) is 20.3 Å². The van der Waals surface area contributed by atoms with Crippen molar-refractivity contribution in [3.8, 4) is 11.5 Å². The number of aromatic carboxylic acids is 1. The molecule has 1 aromatic rings. The second-order valence-corrected chi connectivity index (χ2v) is 5.80. The molecule has 7 nitrogen and oxygen atoms in total. The number of carboxylic acid groups (broad SMARTS) is 1. The largest absolute Gasteiger partial charge is 0.497 e. The number of methoxy groups -OCH3 is 1. The van der Waals surface area contributed by atoms with Crippen molar-refractivity contribution in [3.05, 3.63) is 23.8 Å². The molecule has 0 spiro atoms. The fraction of sp³-hybridized carbons (Fsp3) is 0.500. The zero-order valence-electron chi connectivity index (χ0n) is 13.8. The van der Waals surface area contributed by atoms with Crippen LogP contribution >= 0.6 is 0 Å². The Balaban J connectivity index is 2.44.